The number of hydrogen-bond donors (Lipinski definition) is 2. The quantitative estimate of drug-likeness (QED) is 0.310. The lowest BCUT2D eigenvalue weighted by Crippen LogP contribution is -2.42. The number of methoxy groups -OCH3 is 1. The van der Waals surface area contributed by atoms with Crippen LogP contribution in [0, 0.1) is 5.82 Å². The lowest BCUT2D eigenvalue weighted by molar-refractivity contribution is -0.0771. The largest absolute Gasteiger partial charge is 0.457 e. The summed E-state index contributed by atoms with van der Waals surface area (Å²) in [5, 5.41) is 13.4. The van der Waals surface area contributed by atoms with Crippen molar-refractivity contribution in [3.05, 3.63) is 110 Å². The minimum atomic E-state index is -1.29. The Labute approximate surface area is 216 Å². The van der Waals surface area contributed by atoms with E-state index in [4.69, 9.17) is 21.1 Å². The summed E-state index contributed by atoms with van der Waals surface area (Å²) in [6, 6.07) is 17.4. The Bertz CT molecular complexity index is 1500. The summed E-state index contributed by atoms with van der Waals surface area (Å²) in [5.74, 6) is 0.0513. The smallest absolute Gasteiger partial charge is 0.354 e. The van der Waals surface area contributed by atoms with Gasteiger partial charge in [0.15, 0.2) is 6.29 Å². The first-order valence-electron chi connectivity index (χ1n) is 11.3. The first-order chi connectivity index (χ1) is 17.8. The molecule has 1 atom stereocenters. The van der Waals surface area contributed by atoms with Gasteiger partial charge in [0, 0.05) is 36.0 Å². The highest BCUT2D eigenvalue weighted by atomic mass is 35.5. The average molecular weight is 527 g/mol. The standard InChI is InChI=1S/C26H24ClFN4O5/c1-3-31-25(34)30-24(32(26(31)35)15-16-4-6-18(27)7-5-16)29-20-8-10-21(11-9-20)37-22-13-17(23(33)36-2)12-19(28)14-22/h4-14,23,33H,3,15H2,1-2H3,(H,29,30,34). The number of nitrogens with zero attached hydrogens (tertiary/aromatic N) is 3. The maximum atomic E-state index is 13.9. The van der Waals surface area contributed by atoms with Crippen LogP contribution in [0.2, 0.25) is 5.02 Å². The molecule has 0 saturated carbocycles. The van der Waals surface area contributed by atoms with E-state index in [0.29, 0.717) is 16.5 Å². The van der Waals surface area contributed by atoms with Crippen LogP contribution in [-0.2, 0) is 17.8 Å². The summed E-state index contributed by atoms with van der Waals surface area (Å²) < 4.78 is 26.9. The van der Waals surface area contributed by atoms with Crippen LogP contribution in [-0.4, -0.2) is 26.3 Å². The predicted molar refractivity (Wildman–Crippen MR) is 137 cm³/mol. The molecule has 0 aliphatic carbocycles. The lowest BCUT2D eigenvalue weighted by Gasteiger charge is -2.15. The fourth-order valence-corrected chi connectivity index (χ4v) is 3.73. The van der Waals surface area contributed by atoms with Gasteiger partial charge in [-0.2, -0.15) is 4.98 Å². The second kappa shape index (κ2) is 11.4. The van der Waals surface area contributed by atoms with Gasteiger partial charge in [-0.05, 0) is 61.0 Å². The van der Waals surface area contributed by atoms with Gasteiger partial charge in [-0.15, -0.1) is 0 Å². The molecule has 9 nitrogen and oxygen atoms in total. The lowest BCUT2D eigenvalue weighted by atomic mass is 10.2. The highest BCUT2D eigenvalue weighted by molar-refractivity contribution is 6.30. The third-order valence-corrected chi connectivity index (χ3v) is 5.72. The molecule has 37 heavy (non-hydrogen) atoms. The van der Waals surface area contributed by atoms with Gasteiger partial charge in [0.05, 0.1) is 6.54 Å². The SMILES string of the molecule is CCn1c(=O)nc(Nc2ccc(Oc3cc(F)cc(C(O)OC)c3)cc2)n(Cc2ccc(Cl)cc2)c1=O. The van der Waals surface area contributed by atoms with E-state index in [1.807, 2.05) is 0 Å². The Balaban J connectivity index is 1.59. The van der Waals surface area contributed by atoms with E-state index in [-0.39, 0.29) is 30.4 Å². The van der Waals surface area contributed by atoms with Crippen molar-refractivity contribution in [1.29, 1.82) is 0 Å². The second-order valence-corrected chi connectivity index (χ2v) is 8.45. The van der Waals surface area contributed by atoms with Crippen LogP contribution in [0.3, 0.4) is 0 Å². The summed E-state index contributed by atoms with van der Waals surface area (Å²) in [6.45, 7) is 2.04. The van der Waals surface area contributed by atoms with Crippen LogP contribution < -0.4 is 21.4 Å². The van der Waals surface area contributed by atoms with E-state index in [0.717, 1.165) is 16.2 Å². The van der Waals surface area contributed by atoms with Gasteiger partial charge in [0.25, 0.3) is 0 Å². The Morgan fingerprint density at radius 3 is 2.38 bits per heavy atom. The zero-order valence-electron chi connectivity index (χ0n) is 20.0. The van der Waals surface area contributed by atoms with E-state index in [1.165, 1.54) is 23.8 Å². The topological polar surface area (TPSA) is 108 Å². The number of benzene rings is 3. The Hall–Kier alpha value is -3.99. The fraction of sp³-hybridized carbons (Fsp3) is 0.192. The van der Waals surface area contributed by atoms with Crippen molar-refractivity contribution in [1.82, 2.24) is 14.1 Å². The van der Waals surface area contributed by atoms with Crippen LogP contribution in [0.25, 0.3) is 0 Å². The highest BCUT2D eigenvalue weighted by Gasteiger charge is 2.14. The number of anilines is 2. The summed E-state index contributed by atoms with van der Waals surface area (Å²) in [6.07, 6.45) is -1.29. The molecule has 1 heterocycles. The van der Waals surface area contributed by atoms with Crippen molar-refractivity contribution < 1.29 is 19.0 Å². The molecule has 2 N–H and O–H groups in total. The normalized spacial score (nSPS) is 11.8. The number of halogens is 2. The summed E-state index contributed by atoms with van der Waals surface area (Å²) in [5.41, 5.74) is 0.381. The van der Waals surface area contributed by atoms with Crippen molar-refractivity contribution in [3.63, 3.8) is 0 Å². The van der Waals surface area contributed by atoms with Crippen LogP contribution in [0.4, 0.5) is 16.0 Å². The molecule has 3 aromatic carbocycles. The summed E-state index contributed by atoms with van der Waals surface area (Å²) in [7, 11) is 1.30. The summed E-state index contributed by atoms with van der Waals surface area (Å²) >= 11 is 5.97. The molecule has 0 aliphatic rings. The van der Waals surface area contributed by atoms with E-state index < -0.39 is 23.5 Å². The van der Waals surface area contributed by atoms with Crippen molar-refractivity contribution in [2.75, 3.05) is 12.4 Å². The number of aliphatic hydroxyl groups is 1. The Morgan fingerprint density at radius 1 is 1.03 bits per heavy atom. The number of nitrogens with one attached hydrogen (secondary N) is 1. The third-order valence-electron chi connectivity index (χ3n) is 5.47. The first-order valence-corrected chi connectivity index (χ1v) is 11.7. The van der Waals surface area contributed by atoms with E-state index in [2.05, 4.69) is 10.3 Å². The average Bonchev–Trinajstić information content (AvgIpc) is 2.88. The van der Waals surface area contributed by atoms with Gasteiger partial charge in [-0.1, -0.05) is 23.7 Å². The zero-order chi connectivity index (χ0) is 26.5. The predicted octanol–water partition coefficient (Wildman–Crippen LogP) is 4.44. The summed E-state index contributed by atoms with van der Waals surface area (Å²) in [4.78, 5) is 29.5. The molecule has 0 fully saturated rings. The van der Waals surface area contributed by atoms with Gasteiger partial charge in [-0.3, -0.25) is 4.57 Å². The van der Waals surface area contributed by atoms with Gasteiger partial charge >= 0.3 is 11.4 Å². The molecule has 4 rings (SSSR count). The van der Waals surface area contributed by atoms with Crippen LogP contribution in [0.1, 0.15) is 24.3 Å². The van der Waals surface area contributed by atoms with Gasteiger partial charge < -0.3 is 19.9 Å². The first kappa shape index (κ1) is 26.1. The molecule has 1 unspecified atom stereocenters. The molecule has 1 aromatic heterocycles. The number of aliphatic hydroxyl groups excluding tert-OH is 1. The minimum absolute atomic E-state index is 0.0756. The Morgan fingerprint density at radius 2 is 1.73 bits per heavy atom. The number of hydrogen-bond acceptors (Lipinski definition) is 7. The van der Waals surface area contributed by atoms with Crippen molar-refractivity contribution in [3.8, 4) is 11.5 Å². The van der Waals surface area contributed by atoms with Crippen LogP contribution in [0.15, 0.2) is 76.3 Å². The van der Waals surface area contributed by atoms with Gasteiger partial charge in [0.2, 0.25) is 5.95 Å². The monoisotopic (exact) mass is 526 g/mol. The molecule has 0 aliphatic heterocycles. The molecule has 0 saturated heterocycles. The fourth-order valence-electron chi connectivity index (χ4n) is 3.60. The van der Waals surface area contributed by atoms with Crippen molar-refractivity contribution in [2.24, 2.45) is 0 Å². The Kier molecular flexibility index (Phi) is 8.02. The molecular formula is C26H24ClFN4O5. The van der Waals surface area contributed by atoms with Gasteiger partial charge in [0.1, 0.15) is 17.3 Å². The molecule has 0 radical (unpaired) electrons. The maximum Gasteiger partial charge on any atom is 0.354 e. The second-order valence-electron chi connectivity index (χ2n) is 8.02. The van der Waals surface area contributed by atoms with Crippen molar-refractivity contribution >= 4 is 23.2 Å². The van der Waals surface area contributed by atoms with E-state index in [9.17, 15) is 19.1 Å². The highest BCUT2D eigenvalue weighted by Crippen LogP contribution is 2.28. The number of aromatic nitrogens is 3. The van der Waals surface area contributed by atoms with Crippen LogP contribution in [0.5, 0.6) is 11.5 Å². The molecule has 4 aromatic rings. The maximum absolute atomic E-state index is 13.9. The van der Waals surface area contributed by atoms with E-state index >= 15 is 0 Å². The van der Waals surface area contributed by atoms with Gasteiger partial charge in [-0.25, -0.2) is 18.5 Å². The molecular weight excluding hydrogens is 503 g/mol. The molecule has 192 valence electrons. The minimum Gasteiger partial charge on any atom is -0.457 e. The van der Waals surface area contributed by atoms with Crippen LogP contribution >= 0.6 is 11.6 Å². The number of ether oxygens (including phenoxy) is 2. The zero-order valence-corrected chi connectivity index (χ0v) is 20.8. The number of rotatable bonds is 9. The van der Waals surface area contributed by atoms with E-state index in [1.54, 1.807) is 55.5 Å². The molecule has 0 bridgehead atoms. The third kappa shape index (κ3) is 6.23. The molecule has 0 spiro atoms. The molecule has 11 heteroatoms. The van der Waals surface area contributed by atoms with Crippen molar-refractivity contribution in [2.45, 2.75) is 26.3 Å². The molecule has 0 amide bonds.